The van der Waals surface area contributed by atoms with E-state index < -0.39 is 87.7 Å². The number of alkyl carbamates (subject to hydrolysis) is 2. The summed E-state index contributed by atoms with van der Waals surface area (Å²) in [6.45, 7) is 3.27. The first-order valence-electron chi connectivity index (χ1n) is 35.4. The van der Waals surface area contributed by atoms with Crippen molar-refractivity contribution < 1.29 is 125 Å². The Bertz CT molecular complexity index is 3300. The van der Waals surface area contributed by atoms with E-state index in [0.29, 0.717) is 152 Å². The van der Waals surface area contributed by atoms with Gasteiger partial charge in [-0.3, -0.25) is 59.0 Å². The molecule has 608 valence electrons. The molecule has 0 bridgehead atoms. The third-order valence-corrected chi connectivity index (χ3v) is 19.2. The molecule has 1 unspecified atom stereocenters. The lowest BCUT2D eigenvalue weighted by Crippen LogP contribution is -2.48. The maximum absolute atomic E-state index is 12.3. The Morgan fingerprint density at radius 2 is 0.817 bits per heavy atom. The number of nitrogens with one attached hydrogen (secondary N) is 6. The van der Waals surface area contributed by atoms with Gasteiger partial charge in [0.15, 0.2) is 46.4 Å². The van der Waals surface area contributed by atoms with Gasteiger partial charge in [-0.25, -0.2) is 14.4 Å². The SMILES string of the molecule is CN(C)C(=N)N(C)C.COC(=O)N[C@H](C(=O)CO)C1CCOCC1.COC(=O)N[C@H](C(=O)O)C1CCOCC1.COP(=O)(OC)C(NCC(=O)c1ccccc1)C(=O)CO.O=C(CN[C@H](C(=O)CO)C1CCOCC1)c1ccccc1.O=C(CO)C(NCC(=O)c1ccccc1)=C1CCOCC1.O=C1CCOCC1. The molecule has 5 aliphatic heterocycles. The first-order chi connectivity index (χ1) is 52.2. The minimum atomic E-state index is -3.78. The van der Waals surface area contributed by atoms with Crippen LogP contribution in [0.3, 0.4) is 0 Å². The highest BCUT2D eigenvalue weighted by atomic mass is 31.2. The molecule has 0 aliphatic carbocycles. The number of aliphatic carboxylic acids is 1. The molecule has 5 heterocycles. The first kappa shape index (κ1) is 96.6. The summed E-state index contributed by atoms with van der Waals surface area (Å²) in [5.41, 5.74) is 2.95. The fraction of sp³-hybridized carbons (Fsp3) is 0.568. The minimum absolute atomic E-state index is 0.00694. The van der Waals surface area contributed by atoms with E-state index in [1.807, 2.05) is 52.5 Å². The molecule has 0 radical (unpaired) electrons. The van der Waals surface area contributed by atoms with Crippen LogP contribution < -0.4 is 26.6 Å². The number of ether oxygens (including phenoxy) is 7. The number of aliphatic hydroxyl groups is 4. The molecule has 0 saturated carbocycles. The molecule has 8 rings (SSSR count). The van der Waals surface area contributed by atoms with Crippen LogP contribution in [0.2, 0.25) is 0 Å². The molecule has 3 aromatic rings. The number of carbonyl (C=O) groups excluding carboxylic acids is 10. The number of methoxy groups -OCH3 is 2. The molecule has 0 spiro atoms. The Kier molecular flexibility index (Phi) is 49.5. The number of aliphatic hydroxyl groups excluding tert-OH is 4. The van der Waals surface area contributed by atoms with Gasteiger partial charge in [-0.1, -0.05) is 91.0 Å². The number of benzene rings is 3. The van der Waals surface area contributed by atoms with Gasteiger partial charge < -0.3 is 93.5 Å². The van der Waals surface area contributed by atoms with Gasteiger partial charge in [0.25, 0.3) is 0 Å². The predicted molar refractivity (Wildman–Crippen MR) is 398 cm³/mol. The third-order valence-electron chi connectivity index (χ3n) is 17.1. The van der Waals surface area contributed by atoms with Gasteiger partial charge in [0, 0.05) is 112 Å². The molecule has 4 atom stereocenters. The van der Waals surface area contributed by atoms with E-state index in [1.54, 1.807) is 76.5 Å². The number of nitrogens with zero attached hydrogens (tertiary/aromatic N) is 2. The van der Waals surface area contributed by atoms with Gasteiger partial charge in [-0.15, -0.1) is 0 Å². The maximum atomic E-state index is 12.3. The van der Waals surface area contributed by atoms with Crippen molar-refractivity contribution in [3.05, 3.63) is 119 Å². The summed E-state index contributed by atoms with van der Waals surface area (Å²) in [4.78, 5) is 130. The Hall–Kier alpha value is -8.45. The molecule has 11 N–H and O–H groups in total. The summed E-state index contributed by atoms with van der Waals surface area (Å²) in [5, 5.41) is 65.4. The van der Waals surface area contributed by atoms with E-state index in [0.717, 1.165) is 32.6 Å². The van der Waals surface area contributed by atoms with Gasteiger partial charge in [-0.05, 0) is 74.7 Å². The smallest absolute Gasteiger partial charge is 0.407 e. The van der Waals surface area contributed by atoms with Crippen molar-refractivity contribution in [1.82, 2.24) is 36.4 Å². The topological polar surface area (TPSA) is 480 Å². The monoisotopic (exact) mass is 1560 g/mol. The van der Waals surface area contributed by atoms with E-state index in [2.05, 4.69) is 36.1 Å². The number of carboxylic acid groups (broad SMARTS) is 1. The fourth-order valence-corrected chi connectivity index (χ4v) is 12.3. The van der Waals surface area contributed by atoms with Gasteiger partial charge in [0.05, 0.1) is 78.1 Å². The maximum Gasteiger partial charge on any atom is 0.407 e. The van der Waals surface area contributed by atoms with Gasteiger partial charge in [0.2, 0.25) is 5.78 Å². The van der Waals surface area contributed by atoms with E-state index >= 15 is 0 Å². The Labute approximate surface area is 635 Å². The number of ketones is 8. The summed E-state index contributed by atoms with van der Waals surface area (Å²) in [6, 6.07) is 24.3. The van der Waals surface area contributed by atoms with Crippen LogP contribution in [0.15, 0.2) is 102 Å². The third kappa shape index (κ3) is 37.7. The van der Waals surface area contributed by atoms with Crippen LogP contribution in [0.25, 0.3) is 0 Å². The van der Waals surface area contributed by atoms with Crippen LogP contribution in [0.4, 0.5) is 9.59 Å². The molecular formula is C74H111N8O26P. The lowest BCUT2D eigenvalue weighted by atomic mass is 9.89. The number of Topliss-reactive ketones (excluding diaryl/α,β-unsaturated/α-hetero) is 8. The Morgan fingerprint density at radius 1 is 0.477 bits per heavy atom. The van der Waals surface area contributed by atoms with Crippen molar-refractivity contribution in [1.29, 1.82) is 5.41 Å². The van der Waals surface area contributed by atoms with Crippen LogP contribution >= 0.6 is 7.60 Å². The predicted octanol–water partition coefficient (Wildman–Crippen LogP) is 3.06. The molecule has 5 aliphatic rings. The van der Waals surface area contributed by atoms with Crippen molar-refractivity contribution in [2.45, 2.75) is 88.1 Å². The second kappa shape index (κ2) is 55.9. The first-order valence-corrected chi connectivity index (χ1v) is 37.0. The van der Waals surface area contributed by atoms with Crippen LogP contribution in [0, 0.1) is 23.2 Å². The highest BCUT2D eigenvalue weighted by molar-refractivity contribution is 7.55. The highest BCUT2D eigenvalue weighted by Gasteiger charge is 2.40. The number of carbonyl (C=O) groups is 11. The second-order valence-electron chi connectivity index (χ2n) is 25.0. The molecule has 0 aromatic heterocycles. The quantitative estimate of drug-likeness (QED) is 0.0156. The summed E-state index contributed by atoms with van der Waals surface area (Å²) >= 11 is 0. The van der Waals surface area contributed by atoms with Crippen LogP contribution in [-0.2, 0) is 75.5 Å². The van der Waals surface area contributed by atoms with Crippen molar-refractivity contribution in [3.8, 4) is 0 Å². The Balaban J connectivity index is 0.000000443. The fourth-order valence-electron chi connectivity index (χ4n) is 11.0. The van der Waals surface area contributed by atoms with Crippen molar-refractivity contribution in [3.63, 3.8) is 0 Å². The lowest BCUT2D eigenvalue weighted by Gasteiger charge is -2.29. The number of guanidine groups is 1. The van der Waals surface area contributed by atoms with Crippen LogP contribution in [-0.4, -0.2) is 298 Å². The summed E-state index contributed by atoms with van der Waals surface area (Å²) in [6.07, 6.45) is 5.38. The normalized spacial score (nSPS) is 16.1. The standard InChI is InChI=1S/C16H21NO4.C16H19NO4.C13H18NO6P.C10H17NO5.C9H15NO5.C5H13N3.C5H8O2/c2*18-11-15(20)16(13-6-8-21-9-7-13)17-10-14(19)12-4-2-1-3-5-12;1-19-21(18,20-2)13(12(17)9-15)14-8-11(16)10-6-4-3-5-7-10;1-15-10(14)11-9(8(13)6-12)7-2-4-16-5-3-7;1-14-9(13)10-7(8(11)12)6-2-4-15-5-3-6;1-7(2)5(6)8(3)4;6-5-1-3-7-4-2-5/h1-5,13,16-18H,6-11H2;1-5,17-18H,6-11H2;3-7,13-15H,8-9H2,1-2H3;7,9,12H,2-6H2,1H3,(H,11,14);6-7H,2-5H2,1H3,(H,10,13)(H,11,12);6H,1-4H3;1-4H2/t16-;;;9-;7-;;/m0..00../s1. The van der Waals surface area contributed by atoms with Crippen LogP contribution in [0.1, 0.15) is 95.3 Å². The average molecular weight is 1560 g/mol. The van der Waals surface area contributed by atoms with Crippen LogP contribution in [0.5, 0.6) is 0 Å². The van der Waals surface area contributed by atoms with E-state index in [9.17, 15) is 57.3 Å². The van der Waals surface area contributed by atoms with E-state index in [1.165, 1.54) is 14.2 Å². The molecule has 5 fully saturated rings. The highest BCUT2D eigenvalue weighted by Crippen LogP contribution is 2.50. The number of hydrogen-bond acceptors (Lipinski definition) is 29. The van der Waals surface area contributed by atoms with E-state index in [4.69, 9.17) is 63.7 Å². The Morgan fingerprint density at radius 3 is 1.15 bits per heavy atom. The zero-order valence-corrected chi connectivity index (χ0v) is 64.3. The zero-order valence-electron chi connectivity index (χ0n) is 63.4. The number of rotatable bonds is 29. The summed E-state index contributed by atoms with van der Waals surface area (Å²) < 4.78 is 56.3. The lowest BCUT2D eigenvalue weighted by molar-refractivity contribution is -0.142. The number of amides is 2. The molecular weight excluding hydrogens is 1450 g/mol. The van der Waals surface area contributed by atoms with Crippen molar-refractivity contribution in [2.24, 2.45) is 17.8 Å². The molecule has 2 amide bonds. The summed E-state index contributed by atoms with van der Waals surface area (Å²) in [7, 11) is 8.31. The van der Waals surface area contributed by atoms with Gasteiger partial charge >= 0.3 is 25.8 Å². The zero-order chi connectivity index (χ0) is 81.1. The molecule has 5 saturated heterocycles. The summed E-state index contributed by atoms with van der Waals surface area (Å²) in [5.74, 6) is -3.79. The van der Waals surface area contributed by atoms with E-state index in [-0.39, 0.29) is 66.3 Å². The second-order valence-corrected chi connectivity index (χ2v) is 27.3. The van der Waals surface area contributed by atoms with Gasteiger partial charge in [0.1, 0.15) is 38.3 Å². The number of hydrogen-bond donors (Lipinski definition) is 11. The number of carboxylic acids is 1. The largest absolute Gasteiger partial charge is 0.480 e. The molecule has 35 heteroatoms. The molecule has 109 heavy (non-hydrogen) atoms. The van der Waals surface area contributed by atoms with Gasteiger partial charge in [-0.2, -0.15) is 0 Å². The molecule has 3 aromatic carbocycles. The van der Waals surface area contributed by atoms with Crippen molar-refractivity contribution >= 4 is 78.0 Å². The molecule has 34 nitrogen and oxygen atoms in total. The average Bonchev–Trinajstić information content (AvgIpc) is 0.832. The minimum Gasteiger partial charge on any atom is -0.480 e. The van der Waals surface area contributed by atoms with Crippen molar-refractivity contribution in [2.75, 3.05) is 169 Å².